The molecule has 0 aliphatic carbocycles. The predicted molar refractivity (Wildman–Crippen MR) is 109 cm³/mol. The van der Waals surface area contributed by atoms with Crippen LogP contribution in [0.5, 0.6) is 0 Å². The van der Waals surface area contributed by atoms with Crippen LogP contribution in [0.1, 0.15) is 15.9 Å². The van der Waals surface area contributed by atoms with Crippen molar-refractivity contribution in [2.75, 3.05) is 50.0 Å². The first-order valence-electron chi connectivity index (χ1n) is 9.05. The van der Waals surface area contributed by atoms with E-state index in [1.54, 1.807) is 25.1 Å². The van der Waals surface area contributed by atoms with Crippen molar-refractivity contribution in [3.63, 3.8) is 0 Å². The normalized spacial score (nSPS) is 15.3. The molecule has 0 unspecified atom stereocenters. The van der Waals surface area contributed by atoms with Gasteiger partial charge in [-0.2, -0.15) is 0 Å². The lowest BCUT2D eigenvalue weighted by Gasteiger charge is -2.34. The van der Waals surface area contributed by atoms with E-state index in [4.69, 9.17) is 4.74 Å². The third-order valence-corrected chi connectivity index (χ3v) is 6.29. The molecule has 0 radical (unpaired) electrons. The zero-order valence-electron chi connectivity index (χ0n) is 16.3. The predicted octanol–water partition coefficient (Wildman–Crippen LogP) is 2.33. The molecule has 28 heavy (non-hydrogen) atoms. The van der Waals surface area contributed by atoms with E-state index < -0.39 is 16.0 Å². The summed E-state index contributed by atoms with van der Waals surface area (Å²) in [5.41, 5.74) is 2.43. The van der Waals surface area contributed by atoms with Crippen LogP contribution in [-0.2, 0) is 14.8 Å². The van der Waals surface area contributed by atoms with Crippen LogP contribution in [0.25, 0.3) is 0 Å². The van der Waals surface area contributed by atoms with Crippen molar-refractivity contribution in [3.8, 4) is 0 Å². The van der Waals surface area contributed by atoms with Gasteiger partial charge in [-0.05, 0) is 55.9 Å². The Morgan fingerprint density at radius 3 is 2.29 bits per heavy atom. The summed E-state index contributed by atoms with van der Waals surface area (Å²) in [5, 5.41) is 0. The number of hydrogen-bond donors (Lipinski definition) is 1. The Morgan fingerprint density at radius 2 is 1.68 bits per heavy atom. The summed E-state index contributed by atoms with van der Waals surface area (Å²) < 4.78 is 32.7. The van der Waals surface area contributed by atoms with E-state index in [2.05, 4.69) is 21.6 Å². The zero-order chi connectivity index (χ0) is 20.3. The minimum Gasteiger partial charge on any atom is -0.465 e. The fourth-order valence-electron chi connectivity index (χ4n) is 3.12. The summed E-state index contributed by atoms with van der Waals surface area (Å²) in [6, 6.07) is 11.7. The molecule has 150 valence electrons. The molecule has 0 saturated carbocycles. The Morgan fingerprint density at radius 1 is 1.04 bits per heavy atom. The van der Waals surface area contributed by atoms with Gasteiger partial charge in [-0.1, -0.05) is 6.07 Å². The molecule has 2 aromatic carbocycles. The first-order valence-corrected chi connectivity index (χ1v) is 10.5. The Kier molecular flexibility index (Phi) is 5.90. The average molecular weight is 404 g/mol. The second-order valence-corrected chi connectivity index (χ2v) is 8.59. The summed E-state index contributed by atoms with van der Waals surface area (Å²) in [4.78, 5) is 16.4. The lowest BCUT2D eigenvalue weighted by molar-refractivity contribution is 0.0599. The number of sulfonamides is 1. The molecule has 0 spiro atoms. The molecule has 1 N–H and O–H groups in total. The maximum absolute atomic E-state index is 12.7. The lowest BCUT2D eigenvalue weighted by atomic mass is 10.1. The highest BCUT2D eigenvalue weighted by Gasteiger charge is 2.19. The second-order valence-electron chi connectivity index (χ2n) is 6.91. The van der Waals surface area contributed by atoms with E-state index in [0.29, 0.717) is 11.3 Å². The number of benzene rings is 2. The van der Waals surface area contributed by atoms with E-state index in [1.165, 1.54) is 19.2 Å². The fraction of sp³-hybridized carbons (Fsp3) is 0.350. The SMILES string of the molecule is COC(=O)c1cc(S(=O)(=O)Nc2ccc(N3CCN(C)CC3)cc2)ccc1C. The van der Waals surface area contributed by atoms with Crippen molar-refractivity contribution in [2.45, 2.75) is 11.8 Å². The highest BCUT2D eigenvalue weighted by Crippen LogP contribution is 2.23. The van der Waals surface area contributed by atoms with Crippen molar-refractivity contribution in [2.24, 2.45) is 0 Å². The highest BCUT2D eigenvalue weighted by molar-refractivity contribution is 7.92. The molecule has 7 nitrogen and oxygen atoms in total. The van der Waals surface area contributed by atoms with Crippen LogP contribution in [0.3, 0.4) is 0 Å². The van der Waals surface area contributed by atoms with Crippen LogP contribution in [0, 0.1) is 6.92 Å². The fourth-order valence-corrected chi connectivity index (χ4v) is 4.20. The molecule has 1 saturated heterocycles. The van der Waals surface area contributed by atoms with Gasteiger partial charge in [-0.15, -0.1) is 0 Å². The van der Waals surface area contributed by atoms with Gasteiger partial charge in [0.2, 0.25) is 0 Å². The van der Waals surface area contributed by atoms with Gasteiger partial charge in [0.15, 0.2) is 0 Å². The van der Waals surface area contributed by atoms with Crippen molar-refractivity contribution in [1.82, 2.24) is 4.90 Å². The number of ether oxygens (including phenoxy) is 1. The Balaban J connectivity index is 1.76. The van der Waals surface area contributed by atoms with Crippen LogP contribution in [0.4, 0.5) is 11.4 Å². The molecular weight excluding hydrogens is 378 g/mol. The van der Waals surface area contributed by atoms with Crippen LogP contribution in [-0.4, -0.2) is 59.6 Å². The third-order valence-electron chi connectivity index (χ3n) is 4.91. The largest absolute Gasteiger partial charge is 0.465 e. The Labute approximate surface area is 166 Å². The van der Waals surface area contributed by atoms with Gasteiger partial charge in [0.1, 0.15) is 0 Å². The van der Waals surface area contributed by atoms with Gasteiger partial charge in [0.05, 0.1) is 17.6 Å². The standard InChI is InChI=1S/C20H25N3O4S/c1-15-4-9-18(14-19(15)20(24)27-3)28(25,26)21-16-5-7-17(8-6-16)23-12-10-22(2)11-13-23/h4-9,14,21H,10-13H2,1-3H3. The number of esters is 1. The number of hydrogen-bond acceptors (Lipinski definition) is 6. The lowest BCUT2D eigenvalue weighted by Crippen LogP contribution is -2.44. The van der Waals surface area contributed by atoms with Crippen molar-refractivity contribution < 1.29 is 17.9 Å². The summed E-state index contributed by atoms with van der Waals surface area (Å²) in [7, 11) is -0.447. The summed E-state index contributed by atoms with van der Waals surface area (Å²) >= 11 is 0. The number of carbonyl (C=O) groups excluding carboxylic acids is 1. The summed E-state index contributed by atoms with van der Waals surface area (Å²) in [6.07, 6.45) is 0. The Hall–Kier alpha value is -2.58. The molecule has 1 aliphatic rings. The van der Waals surface area contributed by atoms with Crippen LogP contribution in [0.2, 0.25) is 0 Å². The number of carbonyl (C=O) groups is 1. The van der Waals surface area contributed by atoms with Gasteiger partial charge in [-0.25, -0.2) is 13.2 Å². The molecule has 3 rings (SSSR count). The molecule has 8 heteroatoms. The number of likely N-dealkylation sites (N-methyl/N-ethyl adjacent to an activating group) is 1. The topological polar surface area (TPSA) is 78.9 Å². The quantitative estimate of drug-likeness (QED) is 0.772. The number of nitrogens with one attached hydrogen (secondary N) is 1. The van der Waals surface area contributed by atoms with E-state index in [1.807, 2.05) is 12.1 Å². The number of aryl methyl sites for hydroxylation is 1. The van der Waals surface area contributed by atoms with E-state index >= 15 is 0 Å². The Bertz CT molecular complexity index is 950. The highest BCUT2D eigenvalue weighted by atomic mass is 32.2. The summed E-state index contributed by atoms with van der Waals surface area (Å²) in [5.74, 6) is -0.564. The van der Waals surface area contributed by atoms with Crippen LogP contribution in [0.15, 0.2) is 47.4 Å². The summed E-state index contributed by atoms with van der Waals surface area (Å²) in [6.45, 7) is 5.63. The number of piperazine rings is 1. The maximum Gasteiger partial charge on any atom is 0.338 e. The van der Waals surface area contributed by atoms with E-state index in [0.717, 1.165) is 31.9 Å². The molecule has 0 bridgehead atoms. The van der Waals surface area contributed by atoms with Gasteiger partial charge in [0.25, 0.3) is 10.0 Å². The van der Waals surface area contributed by atoms with E-state index in [-0.39, 0.29) is 10.5 Å². The number of anilines is 2. The van der Waals surface area contributed by atoms with Crippen molar-refractivity contribution in [1.29, 1.82) is 0 Å². The molecule has 1 fully saturated rings. The zero-order valence-corrected chi connectivity index (χ0v) is 17.1. The molecule has 2 aromatic rings. The minimum atomic E-state index is -3.82. The number of rotatable bonds is 5. The van der Waals surface area contributed by atoms with Crippen molar-refractivity contribution >= 4 is 27.4 Å². The molecular formula is C20H25N3O4S. The van der Waals surface area contributed by atoms with Gasteiger partial charge < -0.3 is 14.5 Å². The van der Waals surface area contributed by atoms with E-state index in [9.17, 15) is 13.2 Å². The minimum absolute atomic E-state index is 0.0154. The van der Waals surface area contributed by atoms with Crippen LogP contribution < -0.4 is 9.62 Å². The molecule has 1 heterocycles. The first kappa shape index (κ1) is 20.2. The monoisotopic (exact) mass is 403 g/mol. The van der Waals surface area contributed by atoms with Gasteiger partial charge >= 0.3 is 5.97 Å². The van der Waals surface area contributed by atoms with Crippen molar-refractivity contribution in [3.05, 3.63) is 53.6 Å². The first-order chi connectivity index (χ1) is 13.3. The maximum atomic E-state index is 12.7. The van der Waals surface area contributed by atoms with Gasteiger partial charge in [-0.3, -0.25) is 4.72 Å². The molecule has 1 aliphatic heterocycles. The molecule has 0 aromatic heterocycles. The number of nitrogens with zero attached hydrogens (tertiary/aromatic N) is 2. The number of methoxy groups -OCH3 is 1. The second kappa shape index (κ2) is 8.20. The van der Waals surface area contributed by atoms with Gasteiger partial charge in [0, 0.05) is 37.6 Å². The molecule has 0 atom stereocenters. The third kappa shape index (κ3) is 4.45. The average Bonchev–Trinajstić information content (AvgIpc) is 2.68. The van der Waals surface area contributed by atoms with Crippen LogP contribution >= 0.6 is 0 Å². The molecule has 0 amide bonds. The smallest absolute Gasteiger partial charge is 0.338 e.